The van der Waals surface area contributed by atoms with Crippen LogP contribution in [-0.4, -0.2) is 55.1 Å². The lowest BCUT2D eigenvalue weighted by atomic mass is 10.1. The molecule has 2 heterocycles. The van der Waals surface area contributed by atoms with Crippen LogP contribution in [0.2, 0.25) is 0 Å². The van der Waals surface area contributed by atoms with Crippen LogP contribution in [0.5, 0.6) is 11.5 Å². The molecule has 0 atom stereocenters. The van der Waals surface area contributed by atoms with Crippen LogP contribution in [0.1, 0.15) is 16.7 Å². The van der Waals surface area contributed by atoms with E-state index in [0.717, 1.165) is 54.3 Å². The number of hydrogen-bond acceptors (Lipinski definition) is 4. The van der Waals surface area contributed by atoms with Gasteiger partial charge in [0.05, 0.1) is 6.42 Å². The summed E-state index contributed by atoms with van der Waals surface area (Å²) in [5, 5.41) is 0. The zero-order valence-corrected chi connectivity index (χ0v) is 17.7. The highest BCUT2D eigenvalue weighted by atomic mass is 79.9. The molecule has 148 valence electrons. The highest BCUT2D eigenvalue weighted by Crippen LogP contribution is 2.36. The summed E-state index contributed by atoms with van der Waals surface area (Å²) in [6.45, 7) is 7.37. The van der Waals surface area contributed by atoms with Crippen LogP contribution in [0.25, 0.3) is 0 Å². The van der Waals surface area contributed by atoms with Crippen LogP contribution in [-0.2, 0) is 17.8 Å². The van der Waals surface area contributed by atoms with Crippen molar-refractivity contribution in [3.05, 3.63) is 57.6 Å². The predicted octanol–water partition coefficient (Wildman–Crippen LogP) is 3.42. The maximum Gasteiger partial charge on any atom is 0.227 e. The zero-order chi connectivity index (χ0) is 19.5. The molecule has 6 heteroatoms. The number of hydrogen-bond donors (Lipinski definition) is 0. The molecule has 0 radical (unpaired) electrons. The van der Waals surface area contributed by atoms with E-state index in [1.165, 1.54) is 11.1 Å². The van der Waals surface area contributed by atoms with Crippen molar-refractivity contribution in [1.29, 1.82) is 0 Å². The van der Waals surface area contributed by atoms with Crippen molar-refractivity contribution in [3.63, 3.8) is 0 Å². The van der Waals surface area contributed by atoms with Crippen LogP contribution in [0.15, 0.2) is 40.9 Å². The molecule has 0 unspecified atom stereocenters. The monoisotopic (exact) mass is 444 g/mol. The SMILES string of the molecule is Cc1ccc(CC(=O)N2CCN(Cc3cc4c(cc3Br)OCCO4)CC2)cc1. The summed E-state index contributed by atoms with van der Waals surface area (Å²) in [5.41, 5.74) is 3.48. The Morgan fingerprint density at radius 3 is 2.32 bits per heavy atom. The Morgan fingerprint density at radius 1 is 1.00 bits per heavy atom. The molecule has 1 saturated heterocycles. The van der Waals surface area contributed by atoms with E-state index in [2.05, 4.69) is 46.0 Å². The number of amides is 1. The first-order valence-electron chi connectivity index (χ1n) is 9.72. The van der Waals surface area contributed by atoms with Crippen molar-refractivity contribution in [1.82, 2.24) is 9.80 Å². The minimum Gasteiger partial charge on any atom is -0.486 e. The Bertz CT molecular complexity index is 846. The van der Waals surface area contributed by atoms with Gasteiger partial charge in [-0.25, -0.2) is 0 Å². The molecular formula is C22H25BrN2O3. The van der Waals surface area contributed by atoms with Crippen LogP contribution in [0.3, 0.4) is 0 Å². The molecule has 28 heavy (non-hydrogen) atoms. The van der Waals surface area contributed by atoms with E-state index in [-0.39, 0.29) is 5.91 Å². The number of rotatable bonds is 4. The fourth-order valence-electron chi connectivity index (χ4n) is 3.62. The van der Waals surface area contributed by atoms with Gasteiger partial charge >= 0.3 is 0 Å². The predicted molar refractivity (Wildman–Crippen MR) is 112 cm³/mol. The lowest BCUT2D eigenvalue weighted by Gasteiger charge is -2.35. The second kappa shape index (κ2) is 8.53. The molecule has 0 bridgehead atoms. The summed E-state index contributed by atoms with van der Waals surface area (Å²) in [5.74, 6) is 1.83. The first-order valence-corrected chi connectivity index (χ1v) is 10.5. The summed E-state index contributed by atoms with van der Waals surface area (Å²) in [4.78, 5) is 17.0. The molecule has 0 N–H and O–H groups in total. The number of nitrogens with zero attached hydrogens (tertiary/aromatic N) is 2. The van der Waals surface area contributed by atoms with Gasteiger partial charge in [0.25, 0.3) is 0 Å². The summed E-state index contributed by atoms with van der Waals surface area (Å²) < 4.78 is 12.4. The fraction of sp³-hybridized carbons (Fsp3) is 0.409. The quantitative estimate of drug-likeness (QED) is 0.724. The lowest BCUT2D eigenvalue weighted by molar-refractivity contribution is -0.132. The van der Waals surface area contributed by atoms with Gasteiger partial charge in [-0.05, 0) is 30.2 Å². The molecule has 5 nitrogen and oxygen atoms in total. The van der Waals surface area contributed by atoms with Gasteiger partial charge in [0, 0.05) is 37.2 Å². The molecule has 0 spiro atoms. The van der Waals surface area contributed by atoms with Crippen LogP contribution >= 0.6 is 15.9 Å². The van der Waals surface area contributed by atoms with Crippen LogP contribution in [0, 0.1) is 6.92 Å². The summed E-state index contributed by atoms with van der Waals surface area (Å²) in [7, 11) is 0. The van der Waals surface area contributed by atoms with Crippen molar-refractivity contribution < 1.29 is 14.3 Å². The average molecular weight is 445 g/mol. The number of ether oxygens (including phenoxy) is 2. The first-order chi connectivity index (χ1) is 13.6. The highest BCUT2D eigenvalue weighted by Gasteiger charge is 2.23. The molecule has 1 fully saturated rings. The van der Waals surface area contributed by atoms with E-state index in [0.29, 0.717) is 19.6 Å². The van der Waals surface area contributed by atoms with E-state index in [1.54, 1.807) is 0 Å². The summed E-state index contributed by atoms with van der Waals surface area (Å²) in [6.07, 6.45) is 0.480. The maximum absolute atomic E-state index is 12.6. The second-order valence-electron chi connectivity index (χ2n) is 7.41. The molecule has 2 aromatic rings. The molecule has 1 amide bonds. The normalized spacial score (nSPS) is 16.9. The Labute approximate surface area is 174 Å². The first kappa shape index (κ1) is 19.3. The van der Waals surface area contributed by atoms with Gasteiger partial charge < -0.3 is 14.4 Å². The molecule has 4 rings (SSSR count). The van der Waals surface area contributed by atoms with Crippen molar-refractivity contribution >= 4 is 21.8 Å². The lowest BCUT2D eigenvalue weighted by Crippen LogP contribution is -2.48. The molecule has 2 aromatic carbocycles. The standard InChI is InChI=1S/C22H25BrN2O3/c1-16-2-4-17(5-3-16)12-22(26)25-8-6-24(7-9-25)15-18-13-20-21(14-19(18)23)28-11-10-27-20/h2-5,13-14H,6-12,15H2,1H3. The van der Waals surface area contributed by atoms with Gasteiger partial charge in [-0.2, -0.15) is 0 Å². The second-order valence-corrected chi connectivity index (χ2v) is 8.26. The van der Waals surface area contributed by atoms with E-state index in [1.807, 2.05) is 23.1 Å². The van der Waals surface area contributed by atoms with E-state index in [9.17, 15) is 4.79 Å². The van der Waals surface area contributed by atoms with Crippen LogP contribution < -0.4 is 9.47 Å². The number of benzene rings is 2. The van der Waals surface area contributed by atoms with E-state index in [4.69, 9.17) is 9.47 Å². The summed E-state index contributed by atoms with van der Waals surface area (Å²) >= 11 is 3.65. The van der Waals surface area contributed by atoms with Gasteiger partial charge in [0.2, 0.25) is 5.91 Å². The van der Waals surface area contributed by atoms with Gasteiger partial charge in [0.15, 0.2) is 11.5 Å². The van der Waals surface area contributed by atoms with Crippen molar-refractivity contribution in [2.75, 3.05) is 39.4 Å². The van der Waals surface area contributed by atoms with E-state index >= 15 is 0 Å². The smallest absolute Gasteiger partial charge is 0.227 e. The average Bonchev–Trinajstić information content (AvgIpc) is 2.71. The minimum absolute atomic E-state index is 0.212. The Balaban J connectivity index is 1.32. The molecule has 0 aromatic heterocycles. The number of piperazine rings is 1. The fourth-order valence-corrected chi connectivity index (χ4v) is 4.06. The molecule has 0 saturated carbocycles. The number of aryl methyl sites for hydroxylation is 1. The van der Waals surface area contributed by atoms with Crippen molar-refractivity contribution in [3.8, 4) is 11.5 Å². The zero-order valence-electron chi connectivity index (χ0n) is 16.1. The Hall–Kier alpha value is -2.05. The third-order valence-corrected chi connectivity index (χ3v) is 6.04. The third kappa shape index (κ3) is 4.50. The molecule has 2 aliphatic rings. The number of halogens is 1. The third-order valence-electron chi connectivity index (χ3n) is 5.31. The molecule has 0 aliphatic carbocycles. The number of carbonyl (C=O) groups is 1. The summed E-state index contributed by atoms with van der Waals surface area (Å²) in [6, 6.07) is 12.3. The number of fused-ring (bicyclic) bond motifs is 1. The highest BCUT2D eigenvalue weighted by molar-refractivity contribution is 9.10. The van der Waals surface area contributed by atoms with E-state index < -0.39 is 0 Å². The topological polar surface area (TPSA) is 42.0 Å². The minimum atomic E-state index is 0.212. The Kier molecular flexibility index (Phi) is 5.87. The Morgan fingerprint density at radius 2 is 1.64 bits per heavy atom. The van der Waals surface area contributed by atoms with Gasteiger partial charge in [0.1, 0.15) is 13.2 Å². The largest absolute Gasteiger partial charge is 0.486 e. The van der Waals surface area contributed by atoms with Crippen molar-refractivity contribution in [2.45, 2.75) is 19.9 Å². The molecule has 2 aliphatic heterocycles. The van der Waals surface area contributed by atoms with Gasteiger partial charge in [-0.3, -0.25) is 9.69 Å². The van der Waals surface area contributed by atoms with Gasteiger partial charge in [-0.1, -0.05) is 45.8 Å². The maximum atomic E-state index is 12.6. The molecular weight excluding hydrogens is 420 g/mol. The number of carbonyl (C=O) groups excluding carboxylic acids is 1. The van der Waals surface area contributed by atoms with Gasteiger partial charge in [-0.15, -0.1) is 0 Å². The van der Waals surface area contributed by atoms with Crippen molar-refractivity contribution in [2.24, 2.45) is 0 Å². The van der Waals surface area contributed by atoms with Crippen LogP contribution in [0.4, 0.5) is 0 Å².